The monoisotopic (exact) mass is 591 g/mol. The van der Waals surface area contributed by atoms with Crippen molar-refractivity contribution in [3.63, 3.8) is 0 Å². The number of benzene rings is 2. The highest BCUT2D eigenvalue weighted by molar-refractivity contribution is 5.94. The van der Waals surface area contributed by atoms with E-state index in [0.29, 0.717) is 25.8 Å². The average molecular weight is 592 g/mol. The molecule has 2 aromatic rings. The first-order valence-electron chi connectivity index (χ1n) is 15.8. The van der Waals surface area contributed by atoms with Crippen LogP contribution in [-0.4, -0.2) is 92.5 Å². The lowest BCUT2D eigenvalue weighted by molar-refractivity contribution is -0.143. The van der Waals surface area contributed by atoms with Crippen molar-refractivity contribution in [3.8, 4) is 5.75 Å². The van der Waals surface area contributed by atoms with Gasteiger partial charge in [-0.2, -0.15) is 0 Å². The van der Waals surface area contributed by atoms with Crippen molar-refractivity contribution in [2.45, 2.75) is 76.0 Å². The number of rotatable bonds is 14. The number of carbonyl (C=O) groups is 3. The predicted octanol–water partition coefficient (Wildman–Crippen LogP) is 2.78. The molecule has 234 valence electrons. The fourth-order valence-electron chi connectivity index (χ4n) is 6.40. The number of fused-ring (bicyclic) bond motifs is 1. The summed E-state index contributed by atoms with van der Waals surface area (Å²) in [6, 6.07) is 16.1. The Hall–Kier alpha value is -3.43. The van der Waals surface area contributed by atoms with Gasteiger partial charge < -0.3 is 30.5 Å². The highest BCUT2D eigenvalue weighted by Gasteiger charge is 2.47. The van der Waals surface area contributed by atoms with E-state index in [1.165, 1.54) is 0 Å². The van der Waals surface area contributed by atoms with Crippen LogP contribution in [0.1, 0.15) is 50.2 Å². The van der Waals surface area contributed by atoms with Crippen molar-refractivity contribution in [1.29, 1.82) is 0 Å². The maximum Gasteiger partial charge on any atom is 0.246 e. The van der Waals surface area contributed by atoms with E-state index in [9.17, 15) is 14.4 Å². The van der Waals surface area contributed by atoms with Crippen LogP contribution in [0.15, 0.2) is 54.6 Å². The van der Waals surface area contributed by atoms with Crippen LogP contribution in [0.3, 0.4) is 0 Å². The van der Waals surface area contributed by atoms with Crippen molar-refractivity contribution < 1.29 is 19.1 Å². The Balaban J connectivity index is 1.46. The topological polar surface area (TPSA) is 103 Å². The second-order valence-corrected chi connectivity index (χ2v) is 11.9. The molecule has 5 atom stereocenters. The molecule has 9 heteroatoms. The van der Waals surface area contributed by atoms with Crippen molar-refractivity contribution in [2.24, 2.45) is 5.92 Å². The SMILES string of the molecule is CCN(C)CC[C@H]1CC[C@H]2CC[C@@H](C(=O)NCCc3ccc(OC)cc3)N2C(=O)[C@H]1NC(=O)[C@@H](Cc1ccccc1)NC. The molecule has 2 heterocycles. The maximum absolute atomic E-state index is 14.3. The number of methoxy groups -OCH3 is 1. The van der Waals surface area contributed by atoms with E-state index in [1.807, 2.05) is 59.5 Å². The van der Waals surface area contributed by atoms with Crippen LogP contribution in [0.5, 0.6) is 5.75 Å². The van der Waals surface area contributed by atoms with Gasteiger partial charge in [0.25, 0.3) is 0 Å². The molecule has 0 bridgehead atoms. The van der Waals surface area contributed by atoms with E-state index in [-0.39, 0.29) is 29.7 Å². The molecule has 2 aliphatic heterocycles. The smallest absolute Gasteiger partial charge is 0.246 e. The summed E-state index contributed by atoms with van der Waals surface area (Å²) in [5.41, 5.74) is 2.16. The number of ether oxygens (including phenoxy) is 1. The van der Waals surface area contributed by atoms with Gasteiger partial charge in [-0.3, -0.25) is 14.4 Å². The van der Waals surface area contributed by atoms with Gasteiger partial charge in [0.05, 0.1) is 13.2 Å². The molecule has 4 rings (SSSR count). The second kappa shape index (κ2) is 15.9. The normalized spacial score (nSPS) is 22.5. The fraction of sp³-hybridized carbons (Fsp3) is 0.559. The fourth-order valence-corrected chi connectivity index (χ4v) is 6.40. The van der Waals surface area contributed by atoms with Gasteiger partial charge in [0.15, 0.2) is 0 Å². The molecule has 0 spiro atoms. The van der Waals surface area contributed by atoms with Gasteiger partial charge in [-0.1, -0.05) is 49.4 Å². The molecule has 2 saturated heterocycles. The van der Waals surface area contributed by atoms with Gasteiger partial charge in [-0.05, 0) is 101 Å². The predicted molar refractivity (Wildman–Crippen MR) is 169 cm³/mol. The highest BCUT2D eigenvalue weighted by atomic mass is 16.5. The minimum Gasteiger partial charge on any atom is -0.497 e. The third-order valence-electron chi connectivity index (χ3n) is 9.21. The summed E-state index contributed by atoms with van der Waals surface area (Å²) in [7, 11) is 5.49. The second-order valence-electron chi connectivity index (χ2n) is 11.9. The lowest BCUT2D eigenvalue weighted by Gasteiger charge is -2.33. The summed E-state index contributed by atoms with van der Waals surface area (Å²) in [6.07, 6.45) is 5.15. The highest BCUT2D eigenvalue weighted by Crippen LogP contribution is 2.35. The molecule has 43 heavy (non-hydrogen) atoms. The summed E-state index contributed by atoms with van der Waals surface area (Å²) < 4.78 is 5.23. The number of hydrogen-bond acceptors (Lipinski definition) is 6. The van der Waals surface area contributed by atoms with E-state index in [4.69, 9.17) is 4.74 Å². The van der Waals surface area contributed by atoms with Crippen LogP contribution < -0.4 is 20.7 Å². The molecule has 3 amide bonds. The molecule has 2 aromatic carbocycles. The van der Waals surface area contributed by atoms with Crippen LogP contribution in [0.2, 0.25) is 0 Å². The molecule has 0 saturated carbocycles. The minimum absolute atomic E-state index is 0.00376. The van der Waals surface area contributed by atoms with Crippen molar-refractivity contribution >= 4 is 17.7 Å². The van der Waals surface area contributed by atoms with Crippen LogP contribution in [0.4, 0.5) is 0 Å². The molecule has 0 aliphatic carbocycles. The van der Waals surface area contributed by atoms with E-state index >= 15 is 0 Å². The largest absolute Gasteiger partial charge is 0.497 e. The third kappa shape index (κ3) is 8.57. The molecular weight excluding hydrogens is 542 g/mol. The number of carbonyl (C=O) groups excluding carboxylic acids is 3. The van der Waals surface area contributed by atoms with Crippen LogP contribution in [0, 0.1) is 5.92 Å². The molecule has 0 unspecified atom stereocenters. The van der Waals surface area contributed by atoms with Gasteiger partial charge in [0.1, 0.15) is 17.8 Å². The Bertz CT molecular complexity index is 1190. The molecule has 2 fully saturated rings. The first-order chi connectivity index (χ1) is 20.8. The van der Waals surface area contributed by atoms with Gasteiger partial charge in [-0.15, -0.1) is 0 Å². The lowest BCUT2D eigenvalue weighted by atomic mass is 9.89. The standard InChI is InChI=1S/C34H49N5O4/c1-5-38(3)22-20-26-13-14-27-15-18-30(33(41)36-21-19-24-11-16-28(43-4)17-12-24)39(27)34(42)31(26)37-32(40)29(35-2)23-25-9-7-6-8-10-25/h6-12,16-17,26-27,29-31,35H,5,13-15,18-23H2,1-4H3,(H,36,41)(H,37,40)/t26-,27+,29-,30+,31+/m1/s1. The van der Waals surface area contributed by atoms with Crippen molar-refractivity contribution in [2.75, 3.05) is 40.8 Å². The number of nitrogens with one attached hydrogen (secondary N) is 3. The molecule has 0 aromatic heterocycles. The minimum atomic E-state index is -0.665. The Morgan fingerprint density at radius 1 is 1.02 bits per heavy atom. The summed E-state index contributed by atoms with van der Waals surface area (Å²) in [4.78, 5) is 45.4. The van der Waals surface area contributed by atoms with E-state index < -0.39 is 18.1 Å². The van der Waals surface area contributed by atoms with Gasteiger partial charge in [0.2, 0.25) is 17.7 Å². The summed E-state index contributed by atoms with van der Waals surface area (Å²) in [5, 5.41) is 9.39. The quantitative estimate of drug-likeness (QED) is 0.312. The first-order valence-corrected chi connectivity index (χ1v) is 15.8. The Labute approximate surface area is 256 Å². The Morgan fingerprint density at radius 3 is 2.42 bits per heavy atom. The van der Waals surface area contributed by atoms with Gasteiger partial charge in [0, 0.05) is 12.6 Å². The average Bonchev–Trinajstić information content (AvgIpc) is 3.42. The molecule has 2 aliphatic rings. The third-order valence-corrected chi connectivity index (χ3v) is 9.21. The number of hydrogen-bond donors (Lipinski definition) is 3. The van der Waals surface area contributed by atoms with Gasteiger partial charge in [-0.25, -0.2) is 0 Å². The lowest BCUT2D eigenvalue weighted by Crippen LogP contribution is -2.58. The molecule has 9 nitrogen and oxygen atoms in total. The van der Waals surface area contributed by atoms with E-state index in [1.54, 1.807) is 14.2 Å². The zero-order chi connectivity index (χ0) is 30.8. The zero-order valence-electron chi connectivity index (χ0n) is 26.2. The summed E-state index contributed by atoms with van der Waals surface area (Å²) in [5.74, 6) is 0.380. The molecule has 0 radical (unpaired) electrons. The Morgan fingerprint density at radius 2 is 1.74 bits per heavy atom. The van der Waals surface area contributed by atoms with Crippen molar-refractivity contribution in [3.05, 3.63) is 65.7 Å². The molecular formula is C34H49N5O4. The van der Waals surface area contributed by atoms with Gasteiger partial charge >= 0.3 is 0 Å². The van der Waals surface area contributed by atoms with Crippen molar-refractivity contribution in [1.82, 2.24) is 25.8 Å². The van der Waals surface area contributed by atoms with Crippen LogP contribution >= 0.6 is 0 Å². The van der Waals surface area contributed by atoms with E-state index in [2.05, 4.69) is 34.8 Å². The first kappa shape index (κ1) is 32.5. The van der Waals surface area contributed by atoms with Crippen LogP contribution in [0.25, 0.3) is 0 Å². The molecule has 3 N–H and O–H groups in total. The number of amides is 3. The maximum atomic E-state index is 14.3. The Kier molecular flexibility index (Phi) is 12.0. The summed E-state index contributed by atoms with van der Waals surface area (Å²) in [6.45, 7) is 4.38. The summed E-state index contributed by atoms with van der Waals surface area (Å²) >= 11 is 0. The number of nitrogens with zero attached hydrogens (tertiary/aromatic N) is 2. The number of likely N-dealkylation sites (N-methyl/N-ethyl adjacent to an activating group) is 1. The van der Waals surface area contributed by atoms with E-state index in [0.717, 1.165) is 55.6 Å². The van der Waals surface area contributed by atoms with Crippen LogP contribution in [-0.2, 0) is 27.2 Å². The zero-order valence-corrected chi connectivity index (χ0v) is 26.2.